The zero-order valence-corrected chi connectivity index (χ0v) is 14.2. The average molecular weight is 342 g/mol. The molecule has 0 saturated carbocycles. The van der Waals surface area contributed by atoms with Crippen LogP contribution in [0.5, 0.6) is 0 Å². The fourth-order valence-corrected chi connectivity index (χ4v) is 3.70. The maximum absolute atomic E-state index is 12.4. The van der Waals surface area contributed by atoms with Crippen molar-refractivity contribution < 1.29 is 9.21 Å². The minimum Gasteiger partial charge on any atom is -0.440 e. The summed E-state index contributed by atoms with van der Waals surface area (Å²) in [4.78, 5) is 22.4. The summed E-state index contributed by atoms with van der Waals surface area (Å²) in [5.41, 5.74) is 0.695. The van der Waals surface area contributed by atoms with E-state index in [1.807, 2.05) is 35.2 Å². The molecule has 1 saturated heterocycles. The number of hydrogen-bond acceptors (Lipinski definition) is 5. The monoisotopic (exact) mass is 342 g/mol. The Hall–Kier alpha value is -2.41. The Morgan fingerprint density at radius 3 is 3.17 bits per heavy atom. The van der Waals surface area contributed by atoms with Crippen LogP contribution in [0.3, 0.4) is 0 Å². The van der Waals surface area contributed by atoms with Crippen LogP contribution >= 0.6 is 11.3 Å². The average Bonchev–Trinajstić information content (AvgIpc) is 3.28. The number of rotatable bonds is 3. The lowest BCUT2D eigenvalue weighted by Gasteiger charge is -2.16. The number of hydrogen-bond donors (Lipinski definition) is 1. The van der Waals surface area contributed by atoms with Crippen LogP contribution in [0.4, 0.5) is 0 Å². The second kappa shape index (κ2) is 6.24. The molecule has 1 unspecified atom stereocenters. The van der Waals surface area contributed by atoms with E-state index in [4.69, 9.17) is 4.42 Å². The number of aromatic nitrogens is 3. The lowest BCUT2D eigenvalue weighted by atomic mass is 10.1. The van der Waals surface area contributed by atoms with Crippen LogP contribution in [-0.4, -0.2) is 27.0 Å². The standard InChI is InChI=1S/C17H18N4O2S/c1-11-14(20-17(23-11)13-6-4-10-24-13)15-18-8-9-21(15)12-5-2-3-7-19-16(12)22/h4,6,8-10,12H,2-3,5,7H2,1H3,(H,19,22). The minimum absolute atomic E-state index is 0.0476. The smallest absolute Gasteiger partial charge is 0.243 e. The number of aryl methyl sites for hydroxylation is 1. The van der Waals surface area contributed by atoms with Gasteiger partial charge in [-0.2, -0.15) is 0 Å². The molecule has 3 aromatic rings. The van der Waals surface area contributed by atoms with E-state index >= 15 is 0 Å². The first kappa shape index (κ1) is 15.1. The van der Waals surface area contributed by atoms with Gasteiger partial charge in [-0.25, -0.2) is 9.97 Å². The second-order valence-electron chi connectivity index (χ2n) is 5.86. The first-order valence-corrected chi connectivity index (χ1v) is 8.94. The summed E-state index contributed by atoms with van der Waals surface area (Å²) in [6, 6.07) is 3.70. The highest BCUT2D eigenvalue weighted by atomic mass is 32.1. The van der Waals surface area contributed by atoms with E-state index in [0.29, 0.717) is 23.2 Å². The van der Waals surface area contributed by atoms with Gasteiger partial charge in [0.05, 0.1) is 4.88 Å². The molecule has 24 heavy (non-hydrogen) atoms. The quantitative estimate of drug-likeness (QED) is 0.791. The molecule has 0 bridgehead atoms. The van der Waals surface area contributed by atoms with Crippen molar-refractivity contribution in [1.29, 1.82) is 0 Å². The molecule has 0 aliphatic carbocycles. The van der Waals surface area contributed by atoms with Crippen molar-refractivity contribution in [3.63, 3.8) is 0 Å². The number of carbonyl (C=O) groups excluding carboxylic acids is 1. The van der Waals surface area contributed by atoms with Gasteiger partial charge in [-0.05, 0) is 37.6 Å². The third kappa shape index (κ3) is 2.65. The van der Waals surface area contributed by atoms with Gasteiger partial charge in [0.1, 0.15) is 17.5 Å². The molecular weight excluding hydrogens is 324 g/mol. The van der Waals surface area contributed by atoms with Gasteiger partial charge >= 0.3 is 0 Å². The van der Waals surface area contributed by atoms with Gasteiger partial charge in [0, 0.05) is 18.9 Å². The fraction of sp³-hybridized carbons (Fsp3) is 0.353. The molecule has 1 aliphatic heterocycles. The van der Waals surface area contributed by atoms with E-state index in [-0.39, 0.29) is 11.9 Å². The summed E-state index contributed by atoms with van der Waals surface area (Å²) >= 11 is 1.58. The Morgan fingerprint density at radius 2 is 2.33 bits per heavy atom. The Morgan fingerprint density at radius 1 is 1.42 bits per heavy atom. The summed E-state index contributed by atoms with van der Waals surface area (Å²) < 4.78 is 7.74. The van der Waals surface area contributed by atoms with Gasteiger partial charge in [-0.3, -0.25) is 4.79 Å². The number of thiophene rings is 1. The fourth-order valence-electron chi connectivity index (χ4n) is 3.05. The maximum Gasteiger partial charge on any atom is 0.243 e. The van der Waals surface area contributed by atoms with E-state index in [1.54, 1.807) is 17.5 Å². The van der Waals surface area contributed by atoms with Crippen molar-refractivity contribution in [3.8, 4) is 22.3 Å². The molecule has 4 rings (SSSR count). The Bertz CT molecular complexity index is 850. The van der Waals surface area contributed by atoms with Crippen LogP contribution in [0.25, 0.3) is 22.3 Å². The maximum atomic E-state index is 12.4. The van der Waals surface area contributed by atoms with E-state index < -0.39 is 0 Å². The number of nitrogens with zero attached hydrogens (tertiary/aromatic N) is 3. The number of nitrogens with one attached hydrogen (secondary N) is 1. The van der Waals surface area contributed by atoms with Crippen LogP contribution in [0.2, 0.25) is 0 Å². The third-order valence-corrected chi connectivity index (χ3v) is 5.11. The largest absolute Gasteiger partial charge is 0.440 e. The SMILES string of the molecule is Cc1oc(-c2cccs2)nc1-c1nccn1C1CCCCNC1=O. The molecule has 3 aromatic heterocycles. The van der Waals surface area contributed by atoms with Crippen molar-refractivity contribution in [2.24, 2.45) is 0 Å². The predicted molar refractivity (Wildman–Crippen MR) is 91.7 cm³/mol. The lowest BCUT2D eigenvalue weighted by Crippen LogP contribution is -2.31. The molecule has 0 spiro atoms. The highest BCUT2D eigenvalue weighted by molar-refractivity contribution is 7.13. The van der Waals surface area contributed by atoms with E-state index in [0.717, 1.165) is 30.7 Å². The van der Waals surface area contributed by atoms with Gasteiger partial charge in [0.25, 0.3) is 0 Å². The molecule has 1 N–H and O–H groups in total. The third-order valence-electron chi connectivity index (χ3n) is 4.25. The van der Waals surface area contributed by atoms with Gasteiger partial charge in [0.15, 0.2) is 5.82 Å². The number of oxazole rings is 1. The molecule has 1 atom stereocenters. The topological polar surface area (TPSA) is 73.0 Å². The molecular formula is C17H18N4O2S. The molecule has 0 aromatic carbocycles. The summed E-state index contributed by atoms with van der Waals surface area (Å²) in [6.07, 6.45) is 6.40. The van der Waals surface area contributed by atoms with Crippen molar-refractivity contribution in [2.45, 2.75) is 32.2 Å². The number of amides is 1. The molecule has 124 valence electrons. The lowest BCUT2D eigenvalue weighted by molar-refractivity contribution is -0.124. The van der Waals surface area contributed by atoms with Gasteiger partial charge < -0.3 is 14.3 Å². The first-order chi connectivity index (χ1) is 11.7. The molecule has 1 fully saturated rings. The van der Waals surface area contributed by atoms with Gasteiger partial charge in [-0.1, -0.05) is 6.07 Å². The van der Waals surface area contributed by atoms with Crippen molar-refractivity contribution in [1.82, 2.24) is 19.9 Å². The minimum atomic E-state index is -0.244. The number of carbonyl (C=O) groups is 1. The van der Waals surface area contributed by atoms with Crippen molar-refractivity contribution >= 4 is 17.2 Å². The van der Waals surface area contributed by atoms with Crippen LogP contribution in [0, 0.1) is 6.92 Å². The Labute approximate surface area is 143 Å². The predicted octanol–water partition coefficient (Wildman–Crippen LogP) is 3.42. The van der Waals surface area contributed by atoms with Crippen molar-refractivity contribution in [2.75, 3.05) is 6.54 Å². The molecule has 1 aliphatic rings. The highest BCUT2D eigenvalue weighted by Crippen LogP contribution is 2.32. The second-order valence-corrected chi connectivity index (χ2v) is 6.81. The van der Waals surface area contributed by atoms with Crippen LogP contribution in [0.15, 0.2) is 34.3 Å². The summed E-state index contributed by atoms with van der Waals surface area (Å²) in [6.45, 7) is 2.62. The summed E-state index contributed by atoms with van der Waals surface area (Å²) in [5, 5.41) is 4.97. The van der Waals surface area contributed by atoms with Crippen LogP contribution < -0.4 is 5.32 Å². The van der Waals surface area contributed by atoms with E-state index in [2.05, 4.69) is 15.3 Å². The Kier molecular flexibility index (Phi) is 3.93. The van der Waals surface area contributed by atoms with Crippen molar-refractivity contribution in [3.05, 3.63) is 35.7 Å². The molecule has 7 heteroatoms. The van der Waals surface area contributed by atoms with Gasteiger partial charge in [0.2, 0.25) is 11.8 Å². The first-order valence-electron chi connectivity index (χ1n) is 8.06. The normalized spacial score (nSPS) is 18.4. The number of imidazole rings is 1. The summed E-state index contributed by atoms with van der Waals surface area (Å²) in [5.74, 6) is 2.03. The highest BCUT2D eigenvalue weighted by Gasteiger charge is 2.27. The summed E-state index contributed by atoms with van der Waals surface area (Å²) in [7, 11) is 0. The van der Waals surface area contributed by atoms with Gasteiger partial charge in [-0.15, -0.1) is 11.3 Å². The zero-order chi connectivity index (χ0) is 16.5. The molecule has 6 nitrogen and oxygen atoms in total. The van der Waals surface area contributed by atoms with E-state index in [9.17, 15) is 4.79 Å². The Balaban J connectivity index is 1.73. The molecule has 1 amide bonds. The van der Waals surface area contributed by atoms with Crippen LogP contribution in [-0.2, 0) is 4.79 Å². The van der Waals surface area contributed by atoms with Crippen LogP contribution in [0.1, 0.15) is 31.1 Å². The van der Waals surface area contributed by atoms with E-state index in [1.165, 1.54) is 0 Å². The zero-order valence-electron chi connectivity index (χ0n) is 13.4. The molecule has 0 radical (unpaired) electrons. The molecule has 4 heterocycles.